The van der Waals surface area contributed by atoms with Gasteiger partial charge >= 0.3 is 0 Å². The van der Waals surface area contributed by atoms with Crippen molar-refractivity contribution in [3.05, 3.63) is 28.2 Å². The molecule has 0 heterocycles. The molecule has 0 aliphatic rings. The fraction of sp³-hybridized carbons (Fsp3) is 0.462. The number of hydrogen-bond donors (Lipinski definition) is 0. The second-order valence-electron chi connectivity index (χ2n) is 4.03. The van der Waals surface area contributed by atoms with Crippen LogP contribution in [0.5, 0.6) is 5.75 Å². The number of alkyl halides is 1. The Balaban J connectivity index is 2.83. The summed E-state index contributed by atoms with van der Waals surface area (Å²) in [6, 6.07) is 5.78. The number of halogens is 2. The van der Waals surface area contributed by atoms with E-state index in [0.717, 1.165) is 22.2 Å². The van der Waals surface area contributed by atoms with Crippen LogP contribution in [0.4, 0.5) is 0 Å². The zero-order chi connectivity index (χ0) is 13.7. The second-order valence-corrected chi connectivity index (χ2v) is 6.05. The molecule has 1 atom stereocenters. The smallest absolute Gasteiger partial charge is 0.236 e. The molecule has 1 amide bonds. The zero-order valence-corrected chi connectivity index (χ0v) is 13.9. The summed E-state index contributed by atoms with van der Waals surface area (Å²) in [6.45, 7) is 2.51. The van der Waals surface area contributed by atoms with Crippen molar-refractivity contribution in [2.75, 3.05) is 14.2 Å². The van der Waals surface area contributed by atoms with E-state index in [1.165, 1.54) is 0 Å². The van der Waals surface area contributed by atoms with E-state index in [4.69, 9.17) is 4.74 Å². The van der Waals surface area contributed by atoms with E-state index < -0.39 is 0 Å². The van der Waals surface area contributed by atoms with Crippen molar-refractivity contribution in [1.82, 2.24) is 4.90 Å². The average molecular weight is 379 g/mol. The van der Waals surface area contributed by atoms with Crippen LogP contribution < -0.4 is 4.74 Å². The molecule has 0 saturated heterocycles. The molecular weight excluding hydrogens is 362 g/mol. The van der Waals surface area contributed by atoms with Gasteiger partial charge in [0.25, 0.3) is 0 Å². The molecule has 1 unspecified atom stereocenters. The van der Waals surface area contributed by atoms with Crippen molar-refractivity contribution in [2.24, 2.45) is 0 Å². The topological polar surface area (TPSA) is 29.5 Å². The predicted octanol–water partition coefficient (Wildman–Crippen LogP) is 3.59. The SMILES string of the molecule is CCC(Br)C(=O)N(C)Cc1cc(Br)ccc1OC. The average Bonchev–Trinajstić information content (AvgIpc) is 2.37. The fourth-order valence-corrected chi connectivity index (χ4v) is 2.38. The lowest BCUT2D eigenvalue weighted by Crippen LogP contribution is -2.32. The first-order valence-electron chi connectivity index (χ1n) is 5.71. The molecule has 100 valence electrons. The maximum atomic E-state index is 12.0. The van der Waals surface area contributed by atoms with Crippen LogP contribution in [0.15, 0.2) is 22.7 Å². The molecule has 0 fully saturated rings. The van der Waals surface area contributed by atoms with E-state index in [1.807, 2.05) is 25.1 Å². The molecule has 0 radical (unpaired) electrons. The molecule has 3 nitrogen and oxygen atoms in total. The van der Waals surface area contributed by atoms with Crippen molar-refractivity contribution in [1.29, 1.82) is 0 Å². The summed E-state index contributed by atoms with van der Waals surface area (Å²) in [4.78, 5) is 13.6. The van der Waals surface area contributed by atoms with Gasteiger partial charge in [-0.1, -0.05) is 38.8 Å². The lowest BCUT2D eigenvalue weighted by Gasteiger charge is -2.21. The van der Waals surface area contributed by atoms with Gasteiger partial charge in [0.1, 0.15) is 5.75 Å². The van der Waals surface area contributed by atoms with Crippen molar-refractivity contribution in [2.45, 2.75) is 24.7 Å². The number of hydrogen-bond acceptors (Lipinski definition) is 2. The number of nitrogens with zero attached hydrogens (tertiary/aromatic N) is 1. The number of ether oxygens (including phenoxy) is 1. The summed E-state index contributed by atoms with van der Waals surface area (Å²) < 4.78 is 6.27. The molecule has 0 aliphatic heterocycles. The lowest BCUT2D eigenvalue weighted by molar-refractivity contribution is -0.129. The molecule has 18 heavy (non-hydrogen) atoms. The Morgan fingerprint density at radius 2 is 2.17 bits per heavy atom. The monoisotopic (exact) mass is 377 g/mol. The maximum Gasteiger partial charge on any atom is 0.236 e. The third kappa shape index (κ3) is 3.99. The molecule has 0 saturated carbocycles. The van der Waals surface area contributed by atoms with Gasteiger partial charge in [-0.15, -0.1) is 0 Å². The zero-order valence-electron chi connectivity index (χ0n) is 10.7. The van der Waals surface area contributed by atoms with Crippen LogP contribution in [-0.4, -0.2) is 29.8 Å². The van der Waals surface area contributed by atoms with E-state index in [2.05, 4.69) is 31.9 Å². The molecule has 0 spiro atoms. The minimum absolute atomic E-state index is 0.0829. The highest BCUT2D eigenvalue weighted by Gasteiger charge is 2.18. The van der Waals surface area contributed by atoms with Crippen LogP contribution in [0, 0.1) is 0 Å². The third-order valence-corrected chi connectivity index (χ3v) is 4.18. The van der Waals surface area contributed by atoms with Crippen LogP contribution in [0.25, 0.3) is 0 Å². The number of carbonyl (C=O) groups excluding carboxylic acids is 1. The van der Waals surface area contributed by atoms with Gasteiger partial charge < -0.3 is 9.64 Å². The minimum Gasteiger partial charge on any atom is -0.496 e. The van der Waals surface area contributed by atoms with Crippen LogP contribution in [0.2, 0.25) is 0 Å². The molecule has 0 aromatic heterocycles. The highest BCUT2D eigenvalue weighted by atomic mass is 79.9. The highest BCUT2D eigenvalue weighted by molar-refractivity contribution is 9.10. The Morgan fingerprint density at radius 3 is 2.72 bits per heavy atom. The summed E-state index contributed by atoms with van der Waals surface area (Å²) in [6.07, 6.45) is 0.777. The van der Waals surface area contributed by atoms with Gasteiger partial charge in [0.15, 0.2) is 0 Å². The van der Waals surface area contributed by atoms with Crippen LogP contribution in [-0.2, 0) is 11.3 Å². The van der Waals surface area contributed by atoms with Crippen LogP contribution in [0.3, 0.4) is 0 Å². The number of amides is 1. The van der Waals surface area contributed by atoms with E-state index in [9.17, 15) is 4.79 Å². The van der Waals surface area contributed by atoms with E-state index in [1.54, 1.807) is 19.1 Å². The van der Waals surface area contributed by atoms with Gasteiger partial charge in [-0.3, -0.25) is 4.79 Å². The van der Waals surface area contributed by atoms with E-state index >= 15 is 0 Å². The Labute approximate surface area is 125 Å². The summed E-state index contributed by atoms with van der Waals surface area (Å²) >= 11 is 6.80. The highest BCUT2D eigenvalue weighted by Crippen LogP contribution is 2.24. The van der Waals surface area contributed by atoms with Crippen molar-refractivity contribution in [3.8, 4) is 5.75 Å². The molecule has 0 N–H and O–H groups in total. The molecule has 1 aromatic rings. The largest absolute Gasteiger partial charge is 0.496 e. The number of carbonyl (C=O) groups is 1. The Hall–Kier alpha value is -0.550. The summed E-state index contributed by atoms with van der Waals surface area (Å²) in [5, 5.41) is 0. The van der Waals surface area contributed by atoms with Gasteiger partial charge in [-0.25, -0.2) is 0 Å². The quantitative estimate of drug-likeness (QED) is 0.732. The Kier molecular flexibility index (Phi) is 6.15. The first-order valence-corrected chi connectivity index (χ1v) is 7.42. The maximum absolute atomic E-state index is 12.0. The first-order chi connectivity index (χ1) is 8.49. The van der Waals surface area contributed by atoms with Crippen molar-refractivity contribution < 1.29 is 9.53 Å². The Bertz CT molecular complexity index is 423. The molecular formula is C13H17Br2NO2. The summed E-state index contributed by atoms with van der Waals surface area (Å²) in [7, 11) is 3.43. The molecule has 5 heteroatoms. The standard InChI is InChI=1S/C13H17Br2NO2/c1-4-11(15)13(17)16(2)8-9-7-10(14)5-6-12(9)18-3/h5-7,11H,4,8H2,1-3H3. The van der Waals surface area contributed by atoms with Gasteiger partial charge in [-0.05, 0) is 24.6 Å². The first kappa shape index (κ1) is 15.5. The lowest BCUT2D eigenvalue weighted by atomic mass is 10.2. The number of rotatable bonds is 5. The Morgan fingerprint density at radius 1 is 1.50 bits per heavy atom. The van der Waals surface area contributed by atoms with Gasteiger partial charge in [0.2, 0.25) is 5.91 Å². The fourth-order valence-electron chi connectivity index (χ4n) is 1.62. The molecule has 1 rings (SSSR count). The number of benzene rings is 1. The number of methoxy groups -OCH3 is 1. The van der Waals surface area contributed by atoms with Crippen molar-refractivity contribution >= 4 is 37.8 Å². The second kappa shape index (κ2) is 7.14. The van der Waals surface area contributed by atoms with E-state index in [-0.39, 0.29) is 10.7 Å². The molecule has 0 bridgehead atoms. The molecule has 1 aromatic carbocycles. The van der Waals surface area contributed by atoms with Gasteiger partial charge in [-0.2, -0.15) is 0 Å². The van der Waals surface area contributed by atoms with Crippen LogP contribution in [0.1, 0.15) is 18.9 Å². The third-order valence-electron chi connectivity index (χ3n) is 2.65. The summed E-state index contributed by atoms with van der Waals surface area (Å²) in [5.41, 5.74) is 0.985. The van der Waals surface area contributed by atoms with Gasteiger partial charge in [0.05, 0.1) is 11.9 Å². The van der Waals surface area contributed by atoms with Gasteiger partial charge in [0, 0.05) is 23.6 Å². The van der Waals surface area contributed by atoms with Crippen molar-refractivity contribution in [3.63, 3.8) is 0 Å². The summed E-state index contributed by atoms with van der Waals surface area (Å²) in [5.74, 6) is 0.875. The minimum atomic E-state index is -0.124. The van der Waals surface area contributed by atoms with Crippen LogP contribution >= 0.6 is 31.9 Å². The van der Waals surface area contributed by atoms with E-state index in [0.29, 0.717) is 6.54 Å². The molecule has 0 aliphatic carbocycles. The predicted molar refractivity (Wildman–Crippen MR) is 80.2 cm³/mol. The normalized spacial score (nSPS) is 12.1.